The molecule has 0 saturated carbocycles. The second-order valence-corrected chi connectivity index (χ2v) is 2.96. The molecule has 1 aromatic carbocycles. The molecule has 0 aliphatic heterocycles. The SMILES string of the molecule is CC(=O)C=C(O)c1ccccc1C. The van der Waals surface area contributed by atoms with E-state index in [1.54, 1.807) is 6.07 Å². The first-order valence-corrected chi connectivity index (χ1v) is 4.08. The molecule has 1 N–H and O–H groups in total. The van der Waals surface area contributed by atoms with Crippen molar-refractivity contribution >= 4 is 11.5 Å². The van der Waals surface area contributed by atoms with Crippen molar-refractivity contribution in [1.29, 1.82) is 0 Å². The van der Waals surface area contributed by atoms with Crippen LogP contribution in [-0.4, -0.2) is 10.9 Å². The zero-order valence-corrected chi connectivity index (χ0v) is 7.74. The number of benzene rings is 1. The number of hydrogen-bond acceptors (Lipinski definition) is 2. The maximum atomic E-state index is 10.7. The third kappa shape index (κ3) is 2.44. The summed E-state index contributed by atoms with van der Waals surface area (Å²) in [5.74, 6) is -0.119. The average molecular weight is 176 g/mol. The van der Waals surface area contributed by atoms with Crippen LogP contribution in [0.25, 0.3) is 5.76 Å². The first-order chi connectivity index (χ1) is 6.11. The molecule has 68 valence electrons. The molecule has 0 radical (unpaired) electrons. The van der Waals surface area contributed by atoms with Gasteiger partial charge in [-0.15, -0.1) is 0 Å². The summed E-state index contributed by atoms with van der Waals surface area (Å²) < 4.78 is 0. The minimum absolute atomic E-state index is 0.0330. The van der Waals surface area contributed by atoms with Crippen molar-refractivity contribution < 1.29 is 9.90 Å². The number of ketones is 1. The highest BCUT2D eigenvalue weighted by Crippen LogP contribution is 2.15. The lowest BCUT2D eigenvalue weighted by atomic mass is 10.1. The van der Waals surface area contributed by atoms with Crippen molar-refractivity contribution in [2.75, 3.05) is 0 Å². The average Bonchev–Trinajstić information content (AvgIpc) is 2.03. The standard InChI is InChI=1S/C11H12O2/c1-8-5-3-4-6-10(8)11(13)7-9(2)12/h3-7,13H,1-2H3. The second-order valence-electron chi connectivity index (χ2n) is 2.96. The van der Waals surface area contributed by atoms with Gasteiger partial charge in [0.15, 0.2) is 5.78 Å². The third-order valence-corrected chi connectivity index (χ3v) is 1.76. The number of hydrogen-bond donors (Lipinski definition) is 1. The highest BCUT2D eigenvalue weighted by Gasteiger charge is 2.02. The van der Waals surface area contributed by atoms with Gasteiger partial charge in [-0.2, -0.15) is 0 Å². The van der Waals surface area contributed by atoms with Gasteiger partial charge < -0.3 is 5.11 Å². The van der Waals surface area contributed by atoms with E-state index in [9.17, 15) is 9.90 Å². The quantitative estimate of drug-likeness (QED) is 0.555. The van der Waals surface area contributed by atoms with Crippen LogP contribution in [0.5, 0.6) is 0 Å². The van der Waals surface area contributed by atoms with Crippen LogP contribution in [0.1, 0.15) is 18.1 Å². The Hall–Kier alpha value is -1.57. The molecule has 2 nitrogen and oxygen atoms in total. The summed E-state index contributed by atoms with van der Waals surface area (Å²) in [6.07, 6.45) is 1.22. The fourth-order valence-corrected chi connectivity index (χ4v) is 1.13. The van der Waals surface area contributed by atoms with Gasteiger partial charge >= 0.3 is 0 Å². The smallest absolute Gasteiger partial charge is 0.156 e. The molecule has 1 aromatic rings. The van der Waals surface area contributed by atoms with Crippen LogP contribution in [0.3, 0.4) is 0 Å². The van der Waals surface area contributed by atoms with Gasteiger partial charge in [0.25, 0.3) is 0 Å². The number of allylic oxidation sites excluding steroid dienone is 1. The first-order valence-electron chi connectivity index (χ1n) is 4.08. The molecule has 2 heteroatoms. The van der Waals surface area contributed by atoms with Crippen LogP contribution in [0.2, 0.25) is 0 Å². The van der Waals surface area contributed by atoms with Gasteiger partial charge in [0, 0.05) is 11.6 Å². The Morgan fingerprint density at radius 1 is 1.38 bits per heavy atom. The summed E-state index contributed by atoms with van der Waals surface area (Å²) in [5.41, 5.74) is 1.66. The lowest BCUT2D eigenvalue weighted by molar-refractivity contribution is -0.112. The summed E-state index contributed by atoms with van der Waals surface area (Å²) in [6, 6.07) is 7.38. The Morgan fingerprint density at radius 3 is 2.54 bits per heavy atom. The number of rotatable bonds is 2. The molecular formula is C11H12O2. The summed E-state index contributed by atoms with van der Waals surface area (Å²) in [7, 11) is 0. The Labute approximate surface area is 77.5 Å². The van der Waals surface area contributed by atoms with Gasteiger partial charge in [-0.1, -0.05) is 24.3 Å². The summed E-state index contributed by atoms with van der Waals surface area (Å²) in [6.45, 7) is 3.30. The topological polar surface area (TPSA) is 37.3 Å². The third-order valence-electron chi connectivity index (χ3n) is 1.76. The molecule has 0 saturated heterocycles. The fourth-order valence-electron chi connectivity index (χ4n) is 1.13. The summed E-state index contributed by atoms with van der Waals surface area (Å²) >= 11 is 0. The van der Waals surface area contributed by atoms with Gasteiger partial charge in [0.2, 0.25) is 0 Å². The molecule has 0 bridgehead atoms. The Morgan fingerprint density at radius 2 is 2.00 bits per heavy atom. The maximum Gasteiger partial charge on any atom is 0.156 e. The van der Waals surface area contributed by atoms with E-state index < -0.39 is 0 Å². The molecule has 13 heavy (non-hydrogen) atoms. The van der Waals surface area contributed by atoms with Crippen molar-refractivity contribution in [3.63, 3.8) is 0 Å². The molecule has 0 atom stereocenters. The Bertz CT molecular complexity index is 351. The van der Waals surface area contributed by atoms with Gasteiger partial charge in [0.1, 0.15) is 5.76 Å². The molecule has 0 aromatic heterocycles. The van der Waals surface area contributed by atoms with E-state index in [-0.39, 0.29) is 11.5 Å². The number of carbonyl (C=O) groups is 1. The molecule has 0 unspecified atom stereocenters. The predicted octanol–water partition coefficient (Wildman–Crippen LogP) is 2.48. The van der Waals surface area contributed by atoms with Crippen LogP contribution in [0, 0.1) is 6.92 Å². The lowest BCUT2D eigenvalue weighted by Gasteiger charge is -2.02. The number of carbonyl (C=O) groups excluding carboxylic acids is 1. The van der Waals surface area contributed by atoms with E-state index in [1.165, 1.54) is 13.0 Å². The number of aryl methyl sites for hydroxylation is 1. The molecule has 0 spiro atoms. The molecule has 0 fully saturated rings. The van der Waals surface area contributed by atoms with Crippen molar-refractivity contribution in [2.45, 2.75) is 13.8 Å². The van der Waals surface area contributed by atoms with E-state index in [1.807, 2.05) is 25.1 Å². The summed E-state index contributed by atoms with van der Waals surface area (Å²) in [4.78, 5) is 10.7. The van der Waals surface area contributed by atoms with Crippen molar-refractivity contribution in [1.82, 2.24) is 0 Å². The fraction of sp³-hybridized carbons (Fsp3) is 0.182. The van der Waals surface area contributed by atoms with Crippen LogP contribution >= 0.6 is 0 Å². The van der Waals surface area contributed by atoms with Crippen LogP contribution in [0.15, 0.2) is 30.3 Å². The minimum atomic E-state index is -0.152. The number of aliphatic hydroxyl groups excluding tert-OH is 1. The molecule has 0 heterocycles. The highest BCUT2D eigenvalue weighted by molar-refractivity contribution is 5.93. The predicted molar refractivity (Wildman–Crippen MR) is 52.5 cm³/mol. The van der Waals surface area contributed by atoms with Gasteiger partial charge in [0.05, 0.1) is 0 Å². The lowest BCUT2D eigenvalue weighted by Crippen LogP contribution is -1.91. The van der Waals surface area contributed by atoms with Crippen LogP contribution in [0.4, 0.5) is 0 Å². The van der Waals surface area contributed by atoms with E-state index in [0.717, 1.165) is 5.56 Å². The van der Waals surface area contributed by atoms with Crippen LogP contribution < -0.4 is 0 Å². The maximum absolute atomic E-state index is 10.7. The van der Waals surface area contributed by atoms with Crippen molar-refractivity contribution in [3.05, 3.63) is 41.5 Å². The largest absolute Gasteiger partial charge is 0.507 e. The van der Waals surface area contributed by atoms with E-state index in [2.05, 4.69) is 0 Å². The normalized spacial score (nSPS) is 11.4. The monoisotopic (exact) mass is 176 g/mol. The molecular weight excluding hydrogens is 164 g/mol. The molecule has 0 amide bonds. The molecule has 0 aliphatic rings. The number of aliphatic hydroxyl groups is 1. The zero-order chi connectivity index (χ0) is 9.84. The molecule has 0 aliphatic carbocycles. The van der Waals surface area contributed by atoms with E-state index in [4.69, 9.17) is 0 Å². The second kappa shape index (κ2) is 3.90. The van der Waals surface area contributed by atoms with Gasteiger partial charge in [-0.25, -0.2) is 0 Å². The minimum Gasteiger partial charge on any atom is -0.507 e. The van der Waals surface area contributed by atoms with Crippen LogP contribution in [-0.2, 0) is 4.79 Å². The van der Waals surface area contributed by atoms with E-state index >= 15 is 0 Å². The van der Waals surface area contributed by atoms with E-state index in [0.29, 0.717) is 5.56 Å². The van der Waals surface area contributed by atoms with Crippen molar-refractivity contribution in [3.8, 4) is 0 Å². The summed E-state index contributed by atoms with van der Waals surface area (Å²) in [5, 5.41) is 9.51. The Balaban J connectivity index is 3.08. The molecule has 1 rings (SSSR count). The Kier molecular flexibility index (Phi) is 2.85. The zero-order valence-electron chi connectivity index (χ0n) is 7.74. The highest BCUT2D eigenvalue weighted by atomic mass is 16.3. The first kappa shape index (κ1) is 9.52. The van der Waals surface area contributed by atoms with Crippen molar-refractivity contribution in [2.24, 2.45) is 0 Å². The van der Waals surface area contributed by atoms with Gasteiger partial charge in [-0.05, 0) is 19.4 Å². The van der Waals surface area contributed by atoms with Gasteiger partial charge in [-0.3, -0.25) is 4.79 Å².